The third-order valence-electron chi connectivity index (χ3n) is 4.89. The van der Waals surface area contributed by atoms with Gasteiger partial charge in [-0.15, -0.1) is 0 Å². The van der Waals surface area contributed by atoms with Gasteiger partial charge < -0.3 is 4.90 Å². The van der Waals surface area contributed by atoms with E-state index < -0.39 is 0 Å². The predicted molar refractivity (Wildman–Crippen MR) is 86.3 cm³/mol. The number of nitro groups is 1. The van der Waals surface area contributed by atoms with Crippen molar-refractivity contribution in [1.82, 2.24) is 9.88 Å². The standard InChI is InChI=1S/C16H24N4O2/c1-13-10-16(17-11-15(13)20(21)22)19-9-3-2-6-14(12-19)18-7-4-5-8-18/h10-11,14H,2-9,12H2,1H3. The van der Waals surface area contributed by atoms with Crippen molar-refractivity contribution in [2.24, 2.45) is 0 Å². The number of anilines is 1. The third-order valence-corrected chi connectivity index (χ3v) is 4.89. The Hall–Kier alpha value is -1.69. The number of likely N-dealkylation sites (tertiary alicyclic amines) is 1. The van der Waals surface area contributed by atoms with Crippen LogP contribution >= 0.6 is 0 Å². The van der Waals surface area contributed by atoms with Crippen molar-refractivity contribution >= 4 is 11.5 Å². The van der Waals surface area contributed by atoms with E-state index in [1.807, 2.05) is 6.07 Å². The van der Waals surface area contributed by atoms with Crippen molar-refractivity contribution in [3.63, 3.8) is 0 Å². The van der Waals surface area contributed by atoms with E-state index in [9.17, 15) is 10.1 Å². The lowest BCUT2D eigenvalue weighted by Gasteiger charge is -2.31. The Morgan fingerprint density at radius 2 is 1.95 bits per heavy atom. The summed E-state index contributed by atoms with van der Waals surface area (Å²) < 4.78 is 0. The van der Waals surface area contributed by atoms with Gasteiger partial charge >= 0.3 is 0 Å². The van der Waals surface area contributed by atoms with E-state index in [1.165, 1.54) is 51.4 Å². The molecular formula is C16H24N4O2. The summed E-state index contributed by atoms with van der Waals surface area (Å²) in [5.74, 6) is 0.884. The number of pyridine rings is 1. The molecule has 2 aliphatic rings. The molecule has 1 aromatic rings. The van der Waals surface area contributed by atoms with Gasteiger partial charge in [0.15, 0.2) is 0 Å². The number of hydrogen-bond donors (Lipinski definition) is 0. The molecule has 0 amide bonds. The number of nitrogens with zero attached hydrogens (tertiary/aromatic N) is 4. The molecule has 0 aliphatic carbocycles. The maximum absolute atomic E-state index is 10.9. The van der Waals surface area contributed by atoms with E-state index in [0.717, 1.165) is 18.9 Å². The topological polar surface area (TPSA) is 62.5 Å². The molecule has 3 heterocycles. The van der Waals surface area contributed by atoms with E-state index in [-0.39, 0.29) is 10.6 Å². The largest absolute Gasteiger partial charge is 0.355 e. The van der Waals surface area contributed by atoms with Crippen molar-refractivity contribution in [2.75, 3.05) is 31.1 Å². The second kappa shape index (κ2) is 6.60. The zero-order chi connectivity index (χ0) is 15.5. The molecule has 120 valence electrons. The van der Waals surface area contributed by atoms with Crippen molar-refractivity contribution in [3.8, 4) is 0 Å². The molecule has 2 aliphatic heterocycles. The van der Waals surface area contributed by atoms with E-state index in [2.05, 4.69) is 14.8 Å². The van der Waals surface area contributed by atoms with E-state index >= 15 is 0 Å². The van der Waals surface area contributed by atoms with Crippen LogP contribution in [-0.4, -0.2) is 47.0 Å². The minimum absolute atomic E-state index is 0.106. The summed E-state index contributed by atoms with van der Waals surface area (Å²) in [6.45, 7) is 6.20. The molecule has 0 aromatic carbocycles. The summed E-state index contributed by atoms with van der Waals surface area (Å²) in [5.41, 5.74) is 0.798. The molecule has 0 spiro atoms. The molecule has 0 N–H and O–H groups in total. The van der Waals surface area contributed by atoms with Gasteiger partial charge in [0.2, 0.25) is 0 Å². The van der Waals surface area contributed by atoms with Gasteiger partial charge in [0.25, 0.3) is 5.69 Å². The molecule has 6 nitrogen and oxygen atoms in total. The van der Waals surface area contributed by atoms with Crippen molar-refractivity contribution < 1.29 is 4.92 Å². The Kier molecular flexibility index (Phi) is 4.57. The van der Waals surface area contributed by atoms with Crippen molar-refractivity contribution in [1.29, 1.82) is 0 Å². The number of hydrogen-bond acceptors (Lipinski definition) is 5. The Morgan fingerprint density at radius 3 is 2.64 bits per heavy atom. The average molecular weight is 304 g/mol. The normalized spacial score (nSPS) is 23.5. The Balaban J connectivity index is 1.77. The van der Waals surface area contributed by atoms with Crippen LogP contribution in [0.4, 0.5) is 11.5 Å². The van der Waals surface area contributed by atoms with Crippen LogP contribution in [0.1, 0.15) is 37.7 Å². The molecule has 1 aromatic heterocycles. The second-order valence-electron chi connectivity index (χ2n) is 6.42. The monoisotopic (exact) mass is 304 g/mol. The Bertz CT molecular complexity index is 543. The summed E-state index contributed by atoms with van der Waals surface area (Å²) in [4.78, 5) is 19.8. The minimum atomic E-state index is -0.360. The molecule has 1 atom stereocenters. The van der Waals surface area contributed by atoms with Crippen LogP contribution in [0.15, 0.2) is 12.3 Å². The van der Waals surface area contributed by atoms with Crippen LogP contribution in [0.2, 0.25) is 0 Å². The SMILES string of the molecule is Cc1cc(N2CCCCC(N3CCCC3)C2)ncc1[N+](=O)[O-]. The highest BCUT2D eigenvalue weighted by Gasteiger charge is 2.26. The molecule has 0 bridgehead atoms. The zero-order valence-electron chi connectivity index (χ0n) is 13.2. The molecule has 1 unspecified atom stereocenters. The summed E-state index contributed by atoms with van der Waals surface area (Å²) in [6, 6.07) is 2.46. The van der Waals surface area contributed by atoms with Crippen LogP contribution < -0.4 is 4.90 Å². The number of aromatic nitrogens is 1. The van der Waals surface area contributed by atoms with Crippen molar-refractivity contribution in [2.45, 2.75) is 45.1 Å². The van der Waals surface area contributed by atoms with Gasteiger partial charge in [-0.2, -0.15) is 0 Å². The molecule has 2 saturated heterocycles. The highest BCUT2D eigenvalue weighted by Crippen LogP contribution is 2.26. The van der Waals surface area contributed by atoms with Crippen LogP contribution in [0, 0.1) is 17.0 Å². The maximum atomic E-state index is 10.9. The quantitative estimate of drug-likeness (QED) is 0.634. The Labute approximate surface area is 131 Å². The fraction of sp³-hybridized carbons (Fsp3) is 0.688. The number of rotatable bonds is 3. The molecule has 0 radical (unpaired) electrons. The smallest absolute Gasteiger partial charge is 0.290 e. The molecule has 2 fully saturated rings. The summed E-state index contributed by atoms with van der Waals surface area (Å²) in [5, 5.41) is 10.9. The van der Waals surface area contributed by atoms with E-state index in [1.54, 1.807) is 6.92 Å². The van der Waals surface area contributed by atoms with Gasteiger partial charge in [0, 0.05) is 24.7 Å². The predicted octanol–water partition coefficient (Wildman–Crippen LogP) is 2.75. The first-order valence-corrected chi connectivity index (χ1v) is 8.25. The van der Waals surface area contributed by atoms with Gasteiger partial charge in [0.1, 0.15) is 12.0 Å². The minimum Gasteiger partial charge on any atom is -0.355 e. The van der Waals surface area contributed by atoms with Crippen LogP contribution in [0.5, 0.6) is 0 Å². The Morgan fingerprint density at radius 1 is 1.23 bits per heavy atom. The molecule has 6 heteroatoms. The highest BCUT2D eigenvalue weighted by atomic mass is 16.6. The first kappa shape index (κ1) is 15.2. The second-order valence-corrected chi connectivity index (χ2v) is 6.42. The van der Waals surface area contributed by atoms with Gasteiger partial charge in [0.05, 0.1) is 4.92 Å². The first-order valence-electron chi connectivity index (χ1n) is 8.25. The fourth-order valence-corrected chi connectivity index (χ4v) is 3.63. The summed E-state index contributed by atoms with van der Waals surface area (Å²) in [7, 11) is 0. The zero-order valence-corrected chi connectivity index (χ0v) is 13.2. The van der Waals surface area contributed by atoms with Gasteiger partial charge in [-0.3, -0.25) is 15.0 Å². The lowest BCUT2D eigenvalue weighted by atomic mass is 10.1. The first-order chi connectivity index (χ1) is 10.6. The van der Waals surface area contributed by atoms with Crippen LogP contribution in [-0.2, 0) is 0 Å². The lowest BCUT2D eigenvalue weighted by molar-refractivity contribution is -0.385. The molecular weight excluding hydrogens is 280 g/mol. The summed E-state index contributed by atoms with van der Waals surface area (Å²) in [6.07, 6.45) is 7.70. The van der Waals surface area contributed by atoms with Crippen LogP contribution in [0.25, 0.3) is 0 Å². The van der Waals surface area contributed by atoms with E-state index in [4.69, 9.17) is 0 Å². The lowest BCUT2D eigenvalue weighted by Crippen LogP contribution is -2.41. The molecule has 0 saturated carbocycles. The number of aryl methyl sites for hydroxylation is 1. The van der Waals surface area contributed by atoms with Gasteiger partial charge in [-0.1, -0.05) is 6.42 Å². The van der Waals surface area contributed by atoms with Gasteiger partial charge in [-0.25, -0.2) is 4.98 Å². The molecule has 3 rings (SSSR count). The van der Waals surface area contributed by atoms with Crippen molar-refractivity contribution in [3.05, 3.63) is 27.9 Å². The van der Waals surface area contributed by atoms with E-state index in [0.29, 0.717) is 11.6 Å². The summed E-state index contributed by atoms with van der Waals surface area (Å²) >= 11 is 0. The third kappa shape index (κ3) is 3.21. The fourth-order valence-electron chi connectivity index (χ4n) is 3.63. The average Bonchev–Trinajstić information content (AvgIpc) is 2.91. The molecule has 22 heavy (non-hydrogen) atoms. The van der Waals surface area contributed by atoms with Crippen LogP contribution in [0.3, 0.4) is 0 Å². The maximum Gasteiger partial charge on any atom is 0.290 e. The highest BCUT2D eigenvalue weighted by molar-refractivity contribution is 5.48. The van der Waals surface area contributed by atoms with Gasteiger partial charge in [-0.05, 0) is 51.8 Å².